The van der Waals surface area contributed by atoms with E-state index in [0.717, 1.165) is 25.8 Å². The third-order valence-electron chi connectivity index (χ3n) is 1.67. The number of nitrogens with one attached hydrogen (secondary N) is 1. The Morgan fingerprint density at radius 3 is 2.62 bits per heavy atom. The van der Waals surface area contributed by atoms with Crippen molar-refractivity contribution in [3.05, 3.63) is 0 Å². The van der Waals surface area contributed by atoms with Crippen molar-refractivity contribution in [3.8, 4) is 0 Å². The Kier molecular flexibility index (Phi) is 1.54. The molecule has 1 aliphatic rings. The van der Waals surface area contributed by atoms with Crippen LogP contribution in [0.15, 0.2) is 0 Å². The van der Waals surface area contributed by atoms with Gasteiger partial charge in [-0.3, -0.25) is 0 Å². The predicted molar refractivity (Wildman–Crippen MR) is 32.7 cm³/mol. The normalized spacial score (nSPS) is 23.2. The summed E-state index contributed by atoms with van der Waals surface area (Å²) in [5, 5.41) is 12.2. The van der Waals surface area contributed by atoms with Crippen LogP contribution in [0.5, 0.6) is 0 Å². The minimum Gasteiger partial charge on any atom is -0.390 e. The monoisotopic (exact) mass is 115 g/mol. The molecule has 0 amide bonds. The molecule has 0 saturated heterocycles. The Morgan fingerprint density at radius 2 is 2.25 bits per heavy atom. The van der Waals surface area contributed by atoms with Gasteiger partial charge in [-0.1, -0.05) is 0 Å². The molecule has 1 rings (SSSR count). The summed E-state index contributed by atoms with van der Waals surface area (Å²) in [6.45, 7) is 0.941. The zero-order valence-electron chi connectivity index (χ0n) is 5.28. The number of aliphatic hydroxyl groups is 1. The third kappa shape index (κ3) is 1.46. The van der Waals surface area contributed by atoms with Crippen LogP contribution >= 0.6 is 0 Å². The molecule has 0 heterocycles. The molecule has 0 spiro atoms. The van der Waals surface area contributed by atoms with Gasteiger partial charge in [-0.05, 0) is 32.9 Å². The van der Waals surface area contributed by atoms with Gasteiger partial charge in [0, 0.05) is 0 Å². The van der Waals surface area contributed by atoms with Gasteiger partial charge in [-0.25, -0.2) is 0 Å². The highest BCUT2D eigenvalue weighted by molar-refractivity contribution is 4.93. The van der Waals surface area contributed by atoms with E-state index < -0.39 is 0 Å². The maximum Gasteiger partial charge on any atom is 0.0662 e. The molecule has 0 radical (unpaired) electrons. The minimum absolute atomic E-state index is 0.261. The summed E-state index contributed by atoms with van der Waals surface area (Å²) in [6, 6.07) is 0. The second-order valence-electron chi connectivity index (χ2n) is 2.58. The van der Waals surface area contributed by atoms with Crippen molar-refractivity contribution in [3.63, 3.8) is 0 Å². The van der Waals surface area contributed by atoms with Gasteiger partial charge in [-0.2, -0.15) is 0 Å². The fourth-order valence-electron chi connectivity index (χ4n) is 0.752. The molecule has 2 heteroatoms. The summed E-state index contributed by atoms with van der Waals surface area (Å²) < 4.78 is 0. The number of rotatable bonds is 3. The molecule has 1 saturated carbocycles. The molecule has 0 aliphatic heterocycles. The van der Waals surface area contributed by atoms with E-state index in [2.05, 4.69) is 5.32 Å². The first-order valence-corrected chi connectivity index (χ1v) is 3.14. The van der Waals surface area contributed by atoms with E-state index in [-0.39, 0.29) is 5.60 Å². The second kappa shape index (κ2) is 2.03. The molecule has 0 bridgehead atoms. The largest absolute Gasteiger partial charge is 0.390 e. The zero-order valence-corrected chi connectivity index (χ0v) is 5.28. The first-order valence-electron chi connectivity index (χ1n) is 3.14. The molecule has 0 aromatic rings. The van der Waals surface area contributed by atoms with Gasteiger partial charge in [0.1, 0.15) is 0 Å². The van der Waals surface area contributed by atoms with E-state index in [4.69, 9.17) is 0 Å². The van der Waals surface area contributed by atoms with Gasteiger partial charge >= 0.3 is 0 Å². The van der Waals surface area contributed by atoms with E-state index >= 15 is 0 Å². The van der Waals surface area contributed by atoms with Crippen LogP contribution in [-0.4, -0.2) is 24.3 Å². The van der Waals surface area contributed by atoms with Crippen LogP contribution in [0.3, 0.4) is 0 Å². The molecule has 0 aromatic heterocycles. The predicted octanol–water partition coefficient (Wildman–Crippen LogP) is 0.121. The summed E-state index contributed by atoms with van der Waals surface area (Å²) in [7, 11) is 1.91. The standard InChI is InChI=1S/C6H13NO/c1-7-5-4-6(8)2-3-6/h7-8H,2-5H2,1H3. The van der Waals surface area contributed by atoms with Gasteiger partial charge in [0.15, 0.2) is 0 Å². The quantitative estimate of drug-likeness (QED) is 0.547. The summed E-state index contributed by atoms with van der Waals surface area (Å²) in [4.78, 5) is 0. The van der Waals surface area contributed by atoms with Crippen LogP contribution in [-0.2, 0) is 0 Å². The fourth-order valence-corrected chi connectivity index (χ4v) is 0.752. The molecular weight excluding hydrogens is 102 g/mol. The Balaban J connectivity index is 2.01. The van der Waals surface area contributed by atoms with Crippen LogP contribution in [0, 0.1) is 0 Å². The lowest BCUT2D eigenvalue weighted by Gasteiger charge is -2.04. The Morgan fingerprint density at radius 1 is 1.62 bits per heavy atom. The Hall–Kier alpha value is -0.0800. The van der Waals surface area contributed by atoms with Crippen molar-refractivity contribution in [1.82, 2.24) is 5.32 Å². The number of hydrogen-bond donors (Lipinski definition) is 2. The van der Waals surface area contributed by atoms with Gasteiger partial charge < -0.3 is 10.4 Å². The average molecular weight is 115 g/mol. The highest BCUT2D eigenvalue weighted by atomic mass is 16.3. The Labute approximate surface area is 49.9 Å². The summed E-state index contributed by atoms with van der Waals surface area (Å²) in [6.07, 6.45) is 2.94. The highest BCUT2D eigenvalue weighted by Gasteiger charge is 2.39. The molecular formula is C6H13NO. The van der Waals surface area contributed by atoms with Crippen molar-refractivity contribution in [2.24, 2.45) is 0 Å². The van der Waals surface area contributed by atoms with Gasteiger partial charge in [-0.15, -0.1) is 0 Å². The van der Waals surface area contributed by atoms with Crippen molar-refractivity contribution < 1.29 is 5.11 Å². The second-order valence-corrected chi connectivity index (χ2v) is 2.58. The maximum absolute atomic E-state index is 9.22. The van der Waals surface area contributed by atoms with Crippen LogP contribution < -0.4 is 5.32 Å². The SMILES string of the molecule is CNCCC1(O)CC1. The van der Waals surface area contributed by atoms with E-state index in [9.17, 15) is 5.11 Å². The minimum atomic E-state index is -0.261. The molecule has 0 aromatic carbocycles. The molecule has 1 fully saturated rings. The topological polar surface area (TPSA) is 32.3 Å². The van der Waals surface area contributed by atoms with Crippen LogP contribution in [0.4, 0.5) is 0 Å². The number of hydrogen-bond acceptors (Lipinski definition) is 2. The first kappa shape index (κ1) is 6.05. The van der Waals surface area contributed by atoms with Gasteiger partial charge in [0.25, 0.3) is 0 Å². The molecule has 0 atom stereocenters. The highest BCUT2D eigenvalue weighted by Crippen LogP contribution is 2.37. The van der Waals surface area contributed by atoms with E-state index in [1.165, 1.54) is 0 Å². The van der Waals surface area contributed by atoms with Crippen molar-refractivity contribution in [1.29, 1.82) is 0 Å². The summed E-state index contributed by atoms with van der Waals surface area (Å²) in [5.74, 6) is 0. The molecule has 8 heavy (non-hydrogen) atoms. The fraction of sp³-hybridized carbons (Fsp3) is 1.00. The smallest absolute Gasteiger partial charge is 0.0662 e. The third-order valence-corrected chi connectivity index (χ3v) is 1.67. The lowest BCUT2D eigenvalue weighted by atomic mass is 10.2. The van der Waals surface area contributed by atoms with Crippen LogP contribution in [0.1, 0.15) is 19.3 Å². The molecule has 2 nitrogen and oxygen atoms in total. The zero-order chi connectivity index (χ0) is 6.04. The molecule has 2 N–H and O–H groups in total. The van der Waals surface area contributed by atoms with Crippen molar-refractivity contribution >= 4 is 0 Å². The summed E-state index contributed by atoms with van der Waals surface area (Å²) in [5.41, 5.74) is -0.261. The first-order chi connectivity index (χ1) is 3.77. The molecule has 1 aliphatic carbocycles. The lowest BCUT2D eigenvalue weighted by molar-refractivity contribution is 0.140. The van der Waals surface area contributed by atoms with Crippen LogP contribution in [0.25, 0.3) is 0 Å². The van der Waals surface area contributed by atoms with Crippen molar-refractivity contribution in [2.75, 3.05) is 13.6 Å². The van der Waals surface area contributed by atoms with Crippen LogP contribution in [0.2, 0.25) is 0 Å². The van der Waals surface area contributed by atoms with Gasteiger partial charge in [0.05, 0.1) is 5.60 Å². The average Bonchev–Trinajstić information content (AvgIpc) is 2.45. The van der Waals surface area contributed by atoms with Gasteiger partial charge in [0.2, 0.25) is 0 Å². The lowest BCUT2D eigenvalue weighted by Crippen LogP contribution is -2.17. The van der Waals surface area contributed by atoms with E-state index in [0.29, 0.717) is 0 Å². The van der Waals surface area contributed by atoms with E-state index in [1.807, 2.05) is 7.05 Å². The maximum atomic E-state index is 9.22. The molecule has 0 unspecified atom stereocenters. The van der Waals surface area contributed by atoms with Crippen molar-refractivity contribution in [2.45, 2.75) is 24.9 Å². The summed E-state index contributed by atoms with van der Waals surface area (Å²) >= 11 is 0. The van der Waals surface area contributed by atoms with E-state index in [1.54, 1.807) is 0 Å². The Bertz CT molecular complexity index is 78.6. The molecule has 48 valence electrons.